The van der Waals surface area contributed by atoms with Gasteiger partial charge in [-0.2, -0.15) is 9.97 Å². The fourth-order valence-corrected chi connectivity index (χ4v) is 12.1. The molecule has 0 bridgehead atoms. The van der Waals surface area contributed by atoms with Crippen LogP contribution in [0.25, 0.3) is 22.3 Å². The first-order valence-electron chi connectivity index (χ1n) is 23.6. The lowest BCUT2D eigenvalue weighted by atomic mass is 10.2. The molecule has 0 aliphatic carbocycles. The standard InChI is InChI=1S/C39H50N15O22P3/c1-16-8-52(39(60)50-35(16)57)26-4-17(56)22(71-26)10-67-77(61,62)76-20-7-28(53-14-45-30-32(41)43-13-44-33(30)53)73-24(20)12-69-79(65,66)75-19-6-27(51-3-2-25(40)47-38(51)59)72-23(19)11-68-78(63,64)74-18-5-29(70-21(18)9-55)54-15-46-31-34(54)48-37(42)49-36(31)58/h2-3,8,13-15,17-24,26-29,55-56H,4-7,9-12H2,1H3,(H,61,62)(H,63,64)(H,65,66)(H2,40,47,59)(H2,41,43,44)(H,50,57,60)(H3,42,48,49,58)/t17-,18-,19-,20-,21+,22+,23+,24+,26+,27+,28+,29+/m0/s1. The number of nitrogens with zero attached hydrogens (tertiary/aromatic N) is 10. The first kappa shape index (κ1) is 56.2. The maximum atomic E-state index is 13.9. The van der Waals surface area contributed by atoms with Gasteiger partial charge in [0.15, 0.2) is 22.6 Å². The van der Waals surface area contributed by atoms with Gasteiger partial charge in [-0.1, -0.05) is 0 Å². The van der Waals surface area contributed by atoms with Crippen molar-refractivity contribution in [3.05, 3.63) is 84.7 Å². The molecule has 0 aromatic carbocycles. The van der Waals surface area contributed by atoms with E-state index in [1.165, 1.54) is 47.2 Å². The second kappa shape index (κ2) is 22.1. The number of imidazole rings is 2. The van der Waals surface area contributed by atoms with Gasteiger partial charge in [-0.15, -0.1) is 0 Å². The van der Waals surface area contributed by atoms with Crippen molar-refractivity contribution in [1.29, 1.82) is 0 Å². The smallest absolute Gasteiger partial charge is 0.394 e. The Balaban J connectivity index is 0.823. The van der Waals surface area contributed by atoms with Gasteiger partial charge in [0, 0.05) is 43.6 Å². The second-order valence-electron chi connectivity index (χ2n) is 18.3. The van der Waals surface area contributed by atoms with Crippen LogP contribution >= 0.6 is 23.5 Å². The number of hydrogen-bond acceptors (Lipinski definition) is 28. The number of nitrogens with two attached hydrogens (primary N) is 3. The van der Waals surface area contributed by atoms with E-state index in [2.05, 4.69) is 39.9 Å². The van der Waals surface area contributed by atoms with Crippen molar-refractivity contribution < 1.29 is 84.7 Å². The van der Waals surface area contributed by atoms with E-state index in [1.807, 2.05) is 0 Å². The van der Waals surface area contributed by atoms with E-state index in [0.717, 1.165) is 15.5 Å². The molecule has 4 fully saturated rings. The molecule has 0 spiro atoms. The summed E-state index contributed by atoms with van der Waals surface area (Å²) in [5.74, 6) is -0.375. The molecule has 6 aromatic heterocycles. The van der Waals surface area contributed by atoms with Crippen LogP contribution in [-0.4, -0.2) is 158 Å². The third-order valence-electron chi connectivity index (χ3n) is 13.0. The normalized spacial score (nSPS) is 29.5. The van der Waals surface area contributed by atoms with Crippen molar-refractivity contribution in [1.82, 2.24) is 58.1 Å². The lowest BCUT2D eigenvalue weighted by molar-refractivity contribution is -0.0631. The molecule has 4 aliphatic heterocycles. The van der Waals surface area contributed by atoms with E-state index in [0.29, 0.717) is 0 Å². The Labute approximate surface area is 439 Å². The largest absolute Gasteiger partial charge is 0.472 e. The first-order chi connectivity index (χ1) is 37.4. The number of fused-ring (bicyclic) bond motifs is 2. The number of nitrogen functional groups attached to an aromatic ring is 3. The summed E-state index contributed by atoms with van der Waals surface area (Å²) >= 11 is 0. The minimum Gasteiger partial charge on any atom is -0.394 e. The highest BCUT2D eigenvalue weighted by Gasteiger charge is 2.48. The number of aliphatic hydroxyl groups excluding tert-OH is 2. The highest BCUT2D eigenvalue weighted by Crippen LogP contribution is 2.54. The summed E-state index contributed by atoms with van der Waals surface area (Å²) in [5.41, 5.74) is 14.8. The number of aryl methyl sites for hydroxylation is 1. The second-order valence-corrected chi connectivity index (χ2v) is 22.5. The van der Waals surface area contributed by atoms with Gasteiger partial charge in [-0.05, 0) is 13.0 Å². The third kappa shape index (κ3) is 12.2. The Morgan fingerprint density at radius 1 is 0.646 bits per heavy atom. The Morgan fingerprint density at radius 2 is 1.16 bits per heavy atom. The molecule has 428 valence electrons. The number of rotatable bonds is 20. The van der Waals surface area contributed by atoms with Crippen molar-refractivity contribution in [3.8, 4) is 0 Å². The van der Waals surface area contributed by atoms with Crippen molar-refractivity contribution in [3.63, 3.8) is 0 Å². The summed E-state index contributed by atoms with van der Waals surface area (Å²) in [4.78, 5) is 111. The third-order valence-corrected chi connectivity index (χ3v) is 16.1. The fraction of sp³-hybridized carbons (Fsp3) is 0.538. The SMILES string of the molecule is Cc1cn([C@H]2C[C@H](O)[C@@H](COP(=O)(O)O[C@H]3C[C@H](n4cnc5c(N)ncnc54)O[C@@H]3COP(=O)(O)O[C@H]3C[C@H](n4ccc(N)nc4=O)O[C@@H]3COP(=O)(O)O[C@H]3C[C@H](n4cnc5c(=O)[nH]c(N)nc54)O[C@@H]3CO)O2)c(=O)[nH]c1=O. The van der Waals surface area contributed by atoms with Crippen LogP contribution in [0.15, 0.2) is 56.6 Å². The summed E-state index contributed by atoms with van der Waals surface area (Å²) in [5, 5.41) is 20.9. The number of phosphoric acid groups is 3. The van der Waals surface area contributed by atoms with E-state index in [9.17, 15) is 57.8 Å². The van der Waals surface area contributed by atoms with Crippen molar-refractivity contribution in [2.45, 2.75) is 106 Å². The molecule has 15 atom stereocenters. The zero-order chi connectivity index (χ0) is 56.3. The van der Waals surface area contributed by atoms with Gasteiger partial charge in [0.25, 0.3) is 11.1 Å². The molecule has 4 aliphatic rings. The molecule has 13 N–H and O–H groups in total. The van der Waals surface area contributed by atoms with Gasteiger partial charge >= 0.3 is 34.8 Å². The van der Waals surface area contributed by atoms with E-state index in [4.69, 9.17) is 63.3 Å². The maximum absolute atomic E-state index is 13.9. The minimum atomic E-state index is -5.35. The minimum absolute atomic E-state index is 0.00591. The van der Waals surface area contributed by atoms with Gasteiger partial charge < -0.3 is 61.0 Å². The molecular formula is C39H50N15O22P3. The Morgan fingerprint density at radius 3 is 1.76 bits per heavy atom. The van der Waals surface area contributed by atoms with Crippen LogP contribution in [0.4, 0.5) is 17.6 Å². The van der Waals surface area contributed by atoms with Crippen LogP contribution in [0, 0.1) is 6.92 Å². The Bertz CT molecular complexity index is 3650. The molecule has 3 unspecified atom stereocenters. The monoisotopic (exact) mass is 1170 g/mol. The molecule has 0 radical (unpaired) electrons. The summed E-state index contributed by atoms with van der Waals surface area (Å²) in [6, 6.07) is 1.25. The highest BCUT2D eigenvalue weighted by atomic mass is 31.2. The zero-order valence-electron chi connectivity index (χ0n) is 40.8. The lowest BCUT2D eigenvalue weighted by Crippen LogP contribution is -2.33. The lowest BCUT2D eigenvalue weighted by Gasteiger charge is -2.25. The average Bonchev–Trinajstić information content (AvgIpc) is 4.47. The molecule has 0 amide bonds. The van der Waals surface area contributed by atoms with Crippen molar-refractivity contribution in [2.24, 2.45) is 0 Å². The molecule has 10 heterocycles. The average molecular weight is 1170 g/mol. The quantitative estimate of drug-likeness (QED) is 0.0364. The number of hydrogen-bond donors (Lipinski definition) is 10. The number of phosphoric ester groups is 3. The van der Waals surface area contributed by atoms with Crippen LogP contribution in [0.5, 0.6) is 0 Å². The topological polar surface area (TPSA) is 520 Å². The van der Waals surface area contributed by atoms with Crippen molar-refractivity contribution >= 4 is 63.4 Å². The van der Waals surface area contributed by atoms with Crippen LogP contribution in [0.2, 0.25) is 0 Å². The van der Waals surface area contributed by atoms with Gasteiger partial charge in [0.05, 0.1) is 45.2 Å². The molecule has 4 saturated heterocycles. The number of aromatic nitrogens is 12. The molecule has 37 nitrogen and oxygen atoms in total. The van der Waals surface area contributed by atoms with Crippen LogP contribution in [0.3, 0.4) is 0 Å². The molecule has 79 heavy (non-hydrogen) atoms. The summed E-state index contributed by atoms with van der Waals surface area (Å²) in [7, 11) is -15.7. The van der Waals surface area contributed by atoms with E-state index in [-0.39, 0.29) is 64.7 Å². The van der Waals surface area contributed by atoms with E-state index in [1.54, 1.807) is 0 Å². The van der Waals surface area contributed by atoms with Gasteiger partial charge in [0.1, 0.15) is 85.3 Å². The van der Waals surface area contributed by atoms with Crippen LogP contribution in [-0.2, 0) is 59.8 Å². The van der Waals surface area contributed by atoms with E-state index < -0.39 is 153 Å². The number of H-pyrrole nitrogens is 2. The number of anilines is 3. The zero-order valence-corrected chi connectivity index (χ0v) is 43.5. The Hall–Kier alpha value is -6.05. The predicted octanol–water partition coefficient (Wildman–Crippen LogP) is -2.17. The highest BCUT2D eigenvalue weighted by molar-refractivity contribution is 7.48. The first-order valence-corrected chi connectivity index (χ1v) is 28.1. The fourth-order valence-electron chi connectivity index (χ4n) is 9.23. The summed E-state index contributed by atoms with van der Waals surface area (Å²) in [6.45, 7) is -1.85. The number of ether oxygens (including phenoxy) is 4. The molecular weight excluding hydrogens is 1120 g/mol. The number of aromatic amines is 2. The maximum Gasteiger partial charge on any atom is 0.472 e. The molecule has 6 aromatic rings. The summed E-state index contributed by atoms with van der Waals surface area (Å²) < 4.78 is 102. The van der Waals surface area contributed by atoms with Gasteiger partial charge in [-0.3, -0.25) is 65.0 Å². The Kier molecular flexibility index (Phi) is 15.7. The number of nitrogens with one attached hydrogen (secondary N) is 2. The van der Waals surface area contributed by atoms with Gasteiger partial charge in [-0.25, -0.2) is 43.2 Å². The van der Waals surface area contributed by atoms with Crippen LogP contribution < -0.4 is 39.7 Å². The molecule has 40 heteroatoms. The summed E-state index contributed by atoms with van der Waals surface area (Å²) in [6.07, 6.45) is -10.9. The van der Waals surface area contributed by atoms with E-state index >= 15 is 0 Å². The van der Waals surface area contributed by atoms with Gasteiger partial charge in [0.2, 0.25) is 5.95 Å². The van der Waals surface area contributed by atoms with Crippen molar-refractivity contribution in [2.75, 3.05) is 43.6 Å². The molecule has 10 rings (SSSR count). The van der Waals surface area contributed by atoms with Crippen LogP contribution in [0.1, 0.15) is 56.2 Å². The number of aliphatic hydroxyl groups is 2. The molecule has 0 saturated carbocycles. The predicted molar refractivity (Wildman–Crippen MR) is 260 cm³/mol.